The number of aryl methyl sites for hydroxylation is 1. The summed E-state index contributed by atoms with van der Waals surface area (Å²) in [5.74, 6) is 0. The molecule has 0 saturated heterocycles. The zero-order valence-electron chi connectivity index (χ0n) is 7.53. The van der Waals surface area contributed by atoms with Gasteiger partial charge in [0.2, 0.25) is 0 Å². The van der Waals surface area contributed by atoms with E-state index in [0.29, 0.717) is 6.54 Å². The fourth-order valence-electron chi connectivity index (χ4n) is 0.977. The van der Waals surface area contributed by atoms with E-state index in [1.807, 2.05) is 13.0 Å². The van der Waals surface area contributed by atoms with Gasteiger partial charge in [-0.15, -0.1) is 0 Å². The minimum atomic E-state index is -0.146. The van der Waals surface area contributed by atoms with E-state index in [-0.39, 0.29) is 11.3 Å². The van der Waals surface area contributed by atoms with E-state index >= 15 is 0 Å². The first-order valence-electron chi connectivity index (χ1n) is 4.26. The van der Waals surface area contributed by atoms with Crippen molar-refractivity contribution in [3.63, 3.8) is 0 Å². The fraction of sp³-hybridized carbons (Fsp3) is 0.444. The van der Waals surface area contributed by atoms with Crippen LogP contribution in [0.2, 0.25) is 0 Å². The molecule has 0 atom stereocenters. The van der Waals surface area contributed by atoms with E-state index in [2.05, 4.69) is 5.10 Å². The van der Waals surface area contributed by atoms with Crippen molar-refractivity contribution in [2.75, 3.05) is 0 Å². The molecule has 1 aromatic heterocycles. The second kappa shape index (κ2) is 4.41. The summed E-state index contributed by atoms with van der Waals surface area (Å²) in [4.78, 5) is 11.2. The molecule has 1 heterocycles. The number of nitriles is 1. The third-order valence-electron chi connectivity index (χ3n) is 1.70. The highest BCUT2D eigenvalue weighted by molar-refractivity contribution is 5.16. The maximum Gasteiger partial charge on any atom is 0.266 e. The van der Waals surface area contributed by atoms with Crippen molar-refractivity contribution in [3.05, 3.63) is 28.2 Å². The van der Waals surface area contributed by atoms with Gasteiger partial charge in [0.05, 0.1) is 0 Å². The van der Waals surface area contributed by atoms with Crippen LogP contribution in [0.1, 0.15) is 25.5 Å². The second-order valence-corrected chi connectivity index (χ2v) is 2.75. The highest BCUT2D eigenvalue weighted by Crippen LogP contribution is 1.91. The van der Waals surface area contributed by atoms with Crippen LogP contribution in [0, 0.1) is 11.3 Å². The van der Waals surface area contributed by atoms with Crippen LogP contribution in [0.15, 0.2) is 16.9 Å². The molecule has 4 heteroatoms. The number of unbranched alkanes of at least 4 members (excludes halogenated alkanes) is 1. The Kier molecular flexibility index (Phi) is 3.21. The monoisotopic (exact) mass is 177 g/mol. The Bertz CT molecular complexity index is 375. The van der Waals surface area contributed by atoms with Gasteiger partial charge in [-0.2, -0.15) is 10.4 Å². The average Bonchev–Trinajstić information content (AvgIpc) is 2.17. The van der Waals surface area contributed by atoms with Crippen molar-refractivity contribution in [2.24, 2.45) is 0 Å². The van der Waals surface area contributed by atoms with E-state index in [0.717, 1.165) is 12.8 Å². The van der Waals surface area contributed by atoms with E-state index in [4.69, 9.17) is 5.26 Å². The Morgan fingerprint density at radius 1 is 1.62 bits per heavy atom. The first-order valence-corrected chi connectivity index (χ1v) is 4.26. The van der Waals surface area contributed by atoms with Crippen LogP contribution in [0.5, 0.6) is 0 Å². The van der Waals surface area contributed by atoms with E-state index in [1.54, 1.807) is 0 Å². The van der Waals surface area contributed by atoms with Crippen LogP contribution < -0.4 is 5.56 Å². The zero-order valence-corrected chi connectivity index (χ0v) is 7.53. The molecule has 0 aliphatic carbocycles. The molecule has 0 fully saturated rings. The van der Waals surface area contributed by atoms with Gasteiger partial charge in [-0.1, -0.05) is 13.3 Å². The van der Waals surface area contributed by atoms with Gasteiger partial charge in [0.15, 0.2) is 5.69 Å². The summed E-state index contributed by atoms with van der Waals surface area (Å²) in [5.41, 5.74) is 0.142. The molecule has 0 N–H and O–H groups in total. The molecule has 0 amide bonds. The van der Waals surface area contributed by atoms with Crippen LogP contribution in [-0.2, 0) is 6.54 Å². The summed E-state index contributed by atoms with van der Waals surface area (Å²) in [7, 11) is 0. The molecule has 1 aromatic rings. The van der Waals surface area contributed by atoms with Crippen LogP contribution in [-0.4, -0.2) is 9.78 Å². The minimum absolute atomic E-state index is 0.146. The SMILES string of the molecule is CCCCn1nc(C#N)ccc1=O. The van der Waals surface area contributed by atoms with E-state index in [9.17, 15) is 4.79 Å². The third-order valence-corrected chi connectivity index (χ3v) is 1.70. The largest absolute Gasteiger partial charge is 0.268 e. The molecule has 0 bridgehead atoms. The summed E-state index contributed by atoms with van der Waals surface area (Å²) < 4.78 is 1.34. The minimum Gasteiger partial charge on any atom is -0.268 e. The van der Waals surface area contributed by atoms with Gasteiger partial charge in [0.25, 0.3) is 5.56 Å². The topological polar surface area (TPSA) is 58.7 Å². The number of aromatic nitrogens is 2. The molecule has 0 spiro atoms. The van der Waals surface area contributed by atoms with E-state index in [1.165, 1.54) is 16.8 Å². The number of rotatable bonds is 3. The molecule has 0 radical (unpaired) electrons. The molecule has 0 aliphatic heterocycles. The van der Waals surface area contributed by atoms with Crippen molar-refractivity contribution < 1.29 is 0 Å². The molecular weight excluding hydrogens is 166 g/mol. The van der Waals surface area contributed by atoms with Gasteiger partial charge in [0.1, 0.15) is 6.07 Å². The van der Waals surface area contributed by atoms with Crippen LogP contribution in [0.25, 0.3) is 0 Å². The molecule has 0 aliphatic rings. The Balaban J connectivity index is 2.92. The molecule has 13 heavy (non-hydrogen) atoms. The standard InChI is InChI=1S/C9H11N3O/c1-2-3-6-12-9(13)5-4-8(7-10)11-12/h4-5H,2-3,6H2,1H3. The Morgan fingerprint density at radius 3 is 3.00 bits per heavy atom. The van der Waals surface area contributed by atoms with Crippen LogP contribution in [0.4, 0.5) is 0 Å². The fourth-order valence-corrected chi connectivity index (χ4v) is 0.977. The molecule has 0 saturated carbocycles. The molecular formula is C9H11N3O. The Hall–Kier alpha value is -1.63. The highest BCUT2D eigenvalue weighted by Gasteiger charge is 1.98. The normalized spacial score (nSPS) is 9.54. The maximum absolute atomic E-state index is 11.2. The first kappa shape index (κ1) is 9.46. The smallest absolute Gasteiger partial charge is 0.266 e. The van der Waals surface area contributed by atoms with Crippen molar-refractivity contribution >= 4 is 0 Å². The second-order valence-electron chi connectivity index (χ2n) is 2.75. The number of hydrogen-bond acceptors (Lipinski definition) is 3. The number of hydrogen-bond donors (Lipinski definition) is 0. The molecule has 0 aromatic carbocycles. The van der Waals surface area contributed by atoms with Crippen molar-refractivity contribution in [3.8, 4) is 6.07 Å². The lowest BCUT2D eigenvalue weighted by atomic mass is 10.3. The predicted octanol–water partition coefficient (Wildman–Crippen LogP) is 0.915. The summed E-state index contributed by atoms with van der Waals surface area (Å²) in [6.07, 6.45) is 1.91. The van der Waals surface area contributed by atoms with E-state index < -0.39 is 0 Å². The molecule has 1 rings (SSSR count). The highest BCUT2D eigenvalue weighted by atomic mass is 16.1. The van der Waals surface area contributed by atoms with Crippen molar-refractivity contribution in [1.82, 2.24) is 9.78 Å². The van der Waals surface area contributed by atoms with Crippen molar-refractivity contribution in [2.45, 2.75) is 26.3 Å². The van der Waals surface area contributed by atoms with Crippen LogP contribution in [0.3, 0.4) is 0 Å². The predicted molar refractivity (Wildman–Crippen MR) is 48.1 cm³/mol. The maximum atomic E-state index is 11.2. The molecule has 0 unspecified atom stereocenters. The summed E-state index contributed by atoms with van der Waals surface area (Å²) in [6, 6.07) is 4.71. The van der Waals surface area contributed by atoms with Gasteiger partial charge in [-0.05, 0) is 12.5 Å². The van der Waals surface area contributed by atoms with Crippen molar-refractivity contribution in [1.29, 1.82) is 5.26 Å². The summed E-state index contributed by atoms with van der Waals surface area (Å²) in [6.45, 7) is 2.63. The first-order chi connectivity index (χ1) is 6.27. The Morgan fingerprint density at radius 2 is 2.38 bits per heavy atom. The number of nitrogens with zero attached hydrogens (tertiary/aromatic N) is 3. The summed E-state index contributed by atoms with van der Waals surface area (Å²) in [5, 5.41) is 12.4. The van der Waals surface area contributed by atoms with Gasteiger partial charge >= 0.3 is 0 Å². The lowest BCUT2D eigenvalue weighted by Crippen LogP contribution is -2.22. The average molecular weight is 177 g/mol. The molecule has 4 nitrogen and oxygen atoms in total. The van der Waals surface area contributed by atoms with Gasteiger partial charge in [-0.3, -0.25) is 4.79 Å². The quantitative estimate of drug-likeness (QED) is 0.689. The van der Waals surface area contributed by atoms with Gasteiger partial charge in [0, 0.05) is 12.6 Å². The summed E-state index contributed by atoms with van der Waals surface area (Å²) >= 11 is 0. The lowest BCUT2D eigenvalue weighted by Gasteiger charge is -2.01. The van der Waals surface area contributed by atoms with Gasteiger partial charge in [-0.25, -0.2) is 4.68 Å². The van der Waals surface area contributed by atoms with Crippen LogP contribution >= 0.6 is 0 Å². The lowest BCUT2D eigenvalue weighted by molar-refractivity contribution is 0.540. The molecule has 68 valence electrons. The van der Waals surface area contributed by atoms with Gasteiger partial charge < -0.3 is 0 Å². The third kappa shape index (κ3) is 2.41. The zero-order chi connectivity index (χ0) is 9.68. The Labute approximate surface area is 76.4 Å².